The van der Waals surface area contributed by atoms with Crippen LogP contribution >= 0.6 is 0 Å². The van der Waals surface area contributed by atoms with Crippen LogP contribution < -0.4 is 5.32 Å². The molecule has 1 saturated carbocycles. The Labute approximate surface area is 117 Å². The van der Waals surface area contributed by atoms with Crippen molar-refractivity contribution in [3.05, 3.63) is 12.4 Å². The molecule has 0 bridgehead atoms. The van der Waals surface area contributed by atoms with Gasteiger partial charge < -0.3 is 9.88 Å². The van der Waals surface area contributed by atoms with Gasteiger partial charge in [0, 0.05) is 24.5 Å². The molecule has 3 nitrogen and oxygen atoms in total. The standard InChI is InChI=1S/C16H29N3/c1-4-14(5-2)13(3)18-16-17-11-12-19(16)15-9-7-6-8-10-15/h11-15H,4-10H2,1-3H3,(H,17,18). The molecule has 3 heteroatoms. The molecule has 1 N–H and O–H groups in total. The molecule has 1 atom stereocenters. The normalized spacial score (nSPS) is 18.7. The average molecular weight is 263 g/mol. The highest BCUT2D eigenvalue weighted by atomic mass is 15.2. The lowest BCUT2D eigenvalue weighted by molar-refractivity contribution is 0.353. The number of hydrogen-bond acceptors (Lipinski definition) is 2. The van der Waals surface area contributed by atoms with E-state index in [1.165, 1.54) is 44.9 Å². The minimum absolute atomic E-state index is 0.500. The second kappa shape index (κ2) is 6.97. The summed E-state index contributed by atoms with van der Waals surface area (Å²) in [5.41, 5.74) is 0. The van der Waals surface area contributed by atoms with E-state index in [0.717, 1.165) is 11.9 Å². The molecule has 1 aliphatic carbocycles. The van der Waals surface area contributed by atoms with Gasteiger partial charge >= 0.3 is 0 Å². The van der Waals surface area contributed by atoms with Crippen molar-refractivity contribution in [2.45, 2.75) is 77.8 Å². The predicted octanol–water partition coefficient (Wildman–Crippen LogP) is 4.62. The predicted molar refractivity (Wildman–Crippen MR) is 81.5 cm³/mol. The van der Waals surface area contributed by atoms with Crippen LogP contribution in [-0.2, 0) is 0 Å². The summed E-state index contributed by atoms with van der Waals surface area (Å²) in [5.74, 6) is 1.81. The van der Waals surface area contributed by atoms with Crippen LogP contribution in [0.5, 0.6) is 0 Å². The summed E-state index contributed by atoms with van der Waals surface area (Å²) in [6.45, 7) is 6.84. The first-order chi connectivity index (χ1) is 9.26. The maximum atomic E-state index is 4.53. The molecule has 0 aliphatic heterocycles. The molecule has 1 aromatic rings. The van der Waals surface area contributed by atoms with E-state index in [0.29, 0.717) is 12.1 Å². The van der Waals surface area contributed by atoms with Crippen LogP contribution in [0.15, 0.2) is 12.4 Å². The van der Waals surface area contributed by atoms with E-state index in [4.69, 9.17) is 0 Å². The Morgan fingerprint density at radius 2 is 1.95 bits per heavy atom. The molecule has 0 radical (unpaired) electrons. The molecule has 0 saturated heterocycles. The topological polar surface area (TPSA) is 29.9 Å². The van der Waals surface area contributed by atoms with Crippen LogP contribution in [0.1, 0.15) is 71.8 Å². The van der Waals surface area contributed by atoms with Gasteiger partial charge in [-0.2, -0.15) is 0 Å². The van der Waals surface area contributed by atoms with Crippen molar-refractivity contribution in [2.75, 3.05) is 5.32 Å². The van der Waals surface area contributed by atoms with Crippen molar-refractivity contribution in [2.24, 2.45) is 5.92 Å². The molecular weight excluding hydrogens is 234 g/mol. The number of rotatable bonds is 6. The van der Waals surface area contributed by atoms with Gasteiger partial charge in [-0.3, -0.25) is 0 Å². The number of nitrogens with zero attached hydrogens (tertiary/aromatic N) is 2. The lowest BCUT2D eigenvalue weighted by Crippen LogP contribution is -2.27. The maximum Gasteiger partial charge on any atom is 0.203 e. The number of imidazole rings is 1. The average Bonchev–Trinajstić information content (AvgIpc) is 2.89. The van der Waals surface area contributed by atoms with Gasteiger partial charge in [0.2, 0.25) is 5.95 Å². The van der Waals surface area contributed by atoms with Crippen molar-refractivity contribution >= 4 is 5.95 Å². The summed E-state index contributed by atoms with van der Waals surface area (Å²) >= 11 is 0. The lowest BCUT2D eigenvalue weighted by Gasteiger charge is -2.28. The summed E-state index contributed by atoms with van der Waals surface area (Å²) in [6.07, 6.45) is 13.3. The molecule has 1 unspecified atom stereocenters. The van der Waals surface area contributed by atoms with Gasteiger partial charge in [-0.05, 0) is 25.7 Å². The molecule has 2 rings (SSSR count). The van der Waals surface area contributed by atoms with Gasteiger partial charge in [0.15, 0.2) is 0 Å². The third-order valence-corrected chi connectivity index (χ3v) is 4.75. The third kappa shape index (κ3) is 3.52. The summed E-state index contributed by atoms with van der Waals surface area (Å²) in [6, 6.07) is 1.16. The van der Waals surface area contributed by atoms with Gasteiger partial charge in [-0.25, -0.2) is 4.98 Å². The van der Waals surface area contributed by atoms with Crippen LogP contribution in [0.3, 0.4) is 0 Å². The fraction of sp³-hybridized carbons (Fsp3) is 0.812. The first-order valence-corrected chi connectivity index (χ1v) is 8.05. The Balaban J connectivity index is 2.02. The summed E-state index contributed by atoms with van der Waals surface area (Å²) < 4.78 is 2.37. The zero-order valence-corrected chi connectivity index (χ0v) is 12.7. The second-order valence-electron chi connectivity index (χ2n) is 5.96. The van der Waals surface area contributed by atoms with Gasteiger partial charge in [0.25, 0.3) is 0 Å². The smallest absolute Gasteiger partial charge is 0.203 e. The maximum absolute atomic E-state index is 4.53. The van der Waals surface area contributed by atoms with Gasteiger partial charge in [0.1, 0.15) is 0 Å². The van der Waals surface area contributed by atoms with Crippen LogP contribution in [0, 0.1) is 5.92 Å². The SMILES string of the molecule is CCC(CC)C(C)Nc1nccn1C1CCCCC1. The highest BCUT2D eigenvalue weighted by Crippen LogP contribution is 2.30. The summed E-state index contributed by atoms with van der Waals surface area (Å²) in [5, 5.41) is 3.64. The number of nitrogens with one attached hydrogen (secondary N) is 1. The van der Waals surface area contributed by atoms with Crippen LogP contribution in [0.4, 0.5) is 5.95 Å². The largest absolute Gasteiger partial charge is 0.353 e. The van der Waals surface area contributed by atoms with Crippen LogP contribution in [0.2, 0.25) is 0 Å². The van der Waals surface area contributed by atoms with Gasteiger partial charge in [-0.15, -0.1) is 0 Å². The van der Waals surface area contributed by atoms with E-state index in [2.05, 4.69) is 41.8 Å². The fourth-order valence-corrected chi connectivity index (χ4v) is 3.40. The van der Waals surface area contributed by atoms with E-state index in [9.17, 15) is 0 Å². The Kier molecular flexibility index (Phi) is 5.29. The number of hydrogen-bond donors (Lipinski definition) is 1. The van der Waals surface area contributed by atoms with Crippen molar-refractivity contribution < 1.29 is 0 Å². The zero-order chi connectivity index (χ0) is 13.7. The van der Waals surface area contributed by atoms with Crippen molar-refractivity contribution in [3.63, 3.8) is 0 Å². The van der Waals surface area contributed by atoms with Crippen molar-refractivity contribution in [1.29, 1.82) is 0 Å². The molecule has 1 heterocycles. The van der Waals surface area contributed by atoms with Gasteiger partial charge in [-0.1, -0.05) is 46.0 Å². The van der Waals surface area contributed by atoms with Crippen LogP contribution in [0.25, 0.3) is 0 Å². The van der Waals surface area contributed by atoms with Gasteiger partial charge in [0.05, 0.1) is 0 Å². The van der Waals surface area contributed by atoms with Crippen LogP contribution in [-0.4, -0.2) is 15.6 Å². The quantitative estimate of drug-likeness (QED) is 0.811. The molecule has 0 spiro atoms. The molecule has 0 aromatic carbocycles. The minimum atomic E-state index is 0.500. The summed E-state index contributed by atoms with van der Waals surface area (Å²) in [4.78, 5) is 4.53. The molecule has 1 aromatic heterocycles. The Morgan fingerprint density at radius 1 is 1.26 bits per heavy atom. The fourth-order valence-electron chi connectivity index (χ4n) is 3.40. The monoisotopic (exact) mass is 263 g/mol. The molecule has 19 heavy (non-hydrogen) atoms. The van der Waals surface area contributed by atoms with E-state index >= 15 is 0 Å². The number of aromatic nitrogens is 2. The highest BCUT2D eigenvalue weighted by molar-refractivity contribution is 5.28. The molecule has 1 aliphatic rings. The molecular formula is C16H29N3. The Hall–Kier alpha value is -0.990. The zero-order valence-electron chi connectivity index (χ0n) is 12.7. The lowest BCUT2D eigenvalue weighted by atomic mass is 9.95. The van der Waals surface area contributed by atoms with Crippen molar-refractivity contribution in [3.8, 4) is 0 Å². The van der Waals surface area contributed by atoms with E-state index < -0.39 is 0 Å². The Morgan fingerprint density at radius 3 is 2.58 bits per heavy atom. The number of anilines is 1. The molecule has 0 amide bonds. The highest BCUT2D eigenvalue weighted by Gasteiger charge is 2.20. The first kappa shape index (κ1) is 14.4. The minimum Gasteiger partial charge on any atom is -0.353 e. The molecule has 108 valence electrons. The first-order valence-electron chi connectivity index (χ1n) is 8.05. The van der Waals surface area contributed by atoms with E-state index in [1.54, 1.807) is 0 Å². The Bertz CT molecular complexity index is 362. The third-order valence-electron chi connectivity index (χ3n) is 4.75. The summed E-state index contributed by atoms with van der Waals surface area (Å²) in [7, 11) is 0. The molecule has 1 fully saturated rings. The van der Waals surface area contributed by atoms with E-state index in [-0.39, 0.29) is 0 Å². The van der Waals surface area contributed by atoms with E-state index in [1.807, 2.05) is 6.20 Å². The second-order valence-corrected chi connectivity index (χ2v) is 5.96. The van der Waals surface area contributed by atoms with Crippen molar-refractivity contribution in [1.82, 2.24) is 9.55 Å².